The first kappa shape index (κ1) is 17.3. The quantitative estimate of drug-likeness (QED) is 0.679. The standard InChI is InChI=1S/C17H23NO5/c1-22-9-10-23-14-5-3-13(4-6-14)12-18-15(19)11-17(16(20)21)7-2-8-17/h3-6H,2,7-12H2,1H3,(H,18,19)(H,20,21). The highest BCUT2D eigenvalue weighted by atomic mass is 16.5. The van der Waals surface area contributed by atoms with Gasteiger partial charge in [-0.3, -0.25) is 9.59 Å². The van der Waals surface area contributed by atoms with Crippen molar-refractivity contribution in [1.82, 2.24) is 5.32 Å². The fourth-order valence-corrected chi connectivity index (χ4v) is 2.59. The van der Waals surface area contributed by atoms with Crippen molar-refractivity contribution in [3.05, 3.63) is 29.8 Å². The SMILES string of the molecule is COCCOc1ccc(CNC(=O)CC2(C(=O)O)CCC2)cc1. The summed E-state index contributed by atoms with van der Waals surface area (Å²) < 4.78 is 10.4. The molecule has 1 fully saturated rings. The smallest absolute Gasteiger partial charge is 0.310 e. The summed E-state index contributed by atoms with van der Waals surface area (Å²) in [6.07, 6.45) is 2.11. The molecule has 6 nitrogen and oxygen atoms in total. The molecule has 0 bridgehead atoms. The first-order valence-corrected chi connectivity index (χ1v) is 7.76. The van der Waals surface area contributed by atoms with Crippen LogP contribution in [0.3, 0.4) is 0 Å². The van der Waals surface area contributed by atoms with E-state index < -0.39 is 11.4 Å². The Morgan fingerprint density at radius 1 is 1.22 bits per heavy atom. The van der Waals surface area contributed by atoms with E-state index in [4.69, 9.17) is 9.47 Å². The number of rotatable bonds is 9. The number of hydrogen-bond donors (Lipinski definition) is 2. The largest absolute Gasteiger partial charge is 0.491 e. The molecule has 1 aliphatic rings. The van der Waals surface area contributed by atoms with Gasteiger partial charge in [-0.2, -0.15) is 0 Å². The van der Waals surface area contributed by atoms with E-state index in [1.54, 1.807) is 7.11 Å². The van der Waals surface area contributed by atoms with Crippen molar-refractivity contribution < 1.29 is 24.2 Å². The van der Waals surface area contributed by atoms with Crippen LogP contribution < -0.4 is 10.1 Å². The number of carbonyl (C=O) groups is 2. The van der Waals surface area contributed by atoms with Crippen LogP contribution in [0.5, 0.6) is 5.75 Å². The van der Waals surface area contributed by atoms with Crippen molar-refractivity contribution in [3.8, 4) is 5.75 Å². The first-order chi connectivity index (χ1) is 11.1. The summed E-state index contributed by atoms with van der Waals surface area (Å²) in [6.45, 7) is 1.40. The fraction of sp³-hybridized carbons (Fsp3) is 0.529. The van der Waals surface area contributed by atoms with Gasteiger partial charge in [-0.1, -0.05) is 18.6 Å². The number of hydrogen-bond acceptors (Lipinski definition) is 4. The summed E-state index contributed by atoms with van der Waals surface area (Å²) in [7, 11) is 1.62. The molecule has 23 heavy (non-hydrogen) atoms. The average molecular weight is 321 g/mol. The van der Waals surface area contributed by atoms with E-state index in [0.29, 0.717) is 32.6 Å². The zero-order valence-corrected chi connectivity index (χ0v) is 13.3. The van der Waals surface area contributed by atoms with Gasteiger partial charge in [0.15, 0.2) is 0 Å². The summed E-state index contributed by atoms with van der Waals surface area (Å²) in [6, 6.07) is 7.42. The van der Waals surface area contributed by atoms with Gasteiger partial charge in [-0.25, -0.2) is 0 Å². The summed E-state index contributed by atoms with van der Waals surface area (Å²) in [5.41, 5.74) is 0.0961. The summed E-state index contributed by atoms with van der Waals surface area (Å²) in [5, 5.41) is 12.0. The number of carbonyl (C=O) groups excluding carboxylic acids is 1. The topological polar surface area (TPSA) is 84.9 Å². The molecule has 1 aliphatic carbocycles. The summed E-state index contributed by atoms with van der Waals surface area (Å²) in [5.74, 6) is -0.333. The van der Waals surface area contributed by atoms with Crippen molar-refractivity contribution in [2.24, 2.45) is 5.41 Å². The zero-order chi connectivity index (χ0) is 16.7. The minimum atomic E-state index is -0.864. The van der Waals surface area contributed by atoms with E-state index in [2.05, 4.69) is 5.32 Å². The van der Waals surface area contributed by atoms with E-state index in [-0.39, 0.29) is 12.3 Å². The molecule has 0 atom stereocenters. The molecule has 0 saturated heterocycles. The van der Waals surface area contributed by atoms with Crippen LogP contribution in [0.4, 0.5) is 0 Å². The molecule has 0 unspecified atom stereocenters. The lowest BCUT2D eigenvalue weighted by Crippen LogP contribution is -2.42. The van der Waals surface area contributed by atoms with Crippen molar-refractivity contribution in [2.45, 2.75) is 32.2 Å². The highest BCUT2D eigenvalue weighted by Crippen LogP contribution is 2.44. The monoisotopic (exact) mass is 321 g/mol. The Labute approximate surface area is 135 Å². The highest BCUT2D eigenvalue weighted by molar-refractivity contribution is 5.85. The van der Waals surface area contributed by atoms with Gasteiger partial charge in [0.1, 0.15) is 12.4 Å². The Hall–Kier alpha value is -2.08. The third-order valence-electron chi connectivity index (χ3n) is 4.23. The third-order valence-corrected chi connectivity index (χ3v) is 4.23. The predicted octanol–water partition coefficient (Wildman–Crippen LogP) is 1.97. The molecule has 1 aromatic carbocycles. The number of methoxy groups -OCH3 is 1. The van der Waals surface area contributed by atoms with E-state index >= 15 is 0 Å². The minimum absolute atomic E-state index is 0.0561. The van der Waals surface area contributed by atoms with Crippen molar-refractivity contribution >= 4 is 11.9 Å². The van der Waals surface area contributed by atoms with E-state index in [1.807, 2.05) is 24.3 Å². The third kappa shape index (κ3) is 4.69. The van der Waals surface area contributed by atoms with Crippen molar-refractivity contribution in [3.63, 3.8) is 0 Å². The average Bonchev–Trinajstić information content (AvgIpc) is 2.50. The zero-order valence-electron chi connectivity index (χ0n) is 13.3. The number of carboxylic acids is 1. The van der Waals surface area contributed by atoms with E-state index in [1.165, 1.54) is 0 Å². The molecular weight excluding hydrogens is 298 g/mol. The summed E-state index contributed by atoms with van der Waals surface area (Å²) >= 11 is 0. The van der Waals surface area contributed by atoms with Crippen molar-refractivity contribution in [1.29, 1.82) is 0 Å². The molecular formula is C17H23NO5. The molecule has 0 heterocycles. The Kier molecular flexibility index (Phi) is 5.98. The lowest BCUT2D eigenvalue weighted by molar-refractivity contribution is -0.157. The molecule has 1 amide bonds. The van der Waals surface area contributed by atoms with E-state index in [9.17, 15) is 14.7 Å². The lowest BCUT2D eigenvalue weighted by atomic mass is 9.66. The molecule has 1 saturated carbocycles. The molecule has 0 spiro atoms. The minimum Gasteiger partial charge on any atom is -0.491 e. The van der Waals surface area contributed by atoms with Crippen LogP contribution in [-0.2, 0) is 20.9 Å². The lowest BCUT2D eigenvalue weighted by Gasteiger charge is -2.36. The second kappa shape index (κ2) is 7.97. The Morgan fingerprint density at radius 2 is 1.91 bits per heavy atom. The maximum Gasteiger partial charge on any atom is 0.310 e. The fourth-order valence-electron chi connectivity index (χ4n) is 2.59. The van der Waals surface area contributed by atoms with Gasteiger partial charge in [0, 0.05) is 20.1 Å². The van der Waals surface area contributed by atoms with Gasteiger partial charge in [0.05, 0.1) is 12.0 Å². The first-order valence-electron chi connectivity index (χ1n) is 7.76. The molecule has 0 aliphatic heterocycles. The maximum absolute atomic E-state index is 12.0. The van der Waals surface area contributed by atoms with Crippen LogP contribution in [0.1, 0.15) is 31.2 Å². The van der Waals surface area contributed by atoms with Gasteiger partial charge in [-0.05, 0) is 30.5 Å². The second-order valence-electron chi connectivity index (χ2n) is 5.88. The van der Waals surface area contributed by atoms with Crippen LogP contribution in [-0.4, -0.2) is 37.3 Å². The van der Waals surface area contributed by atoms with Crippen LogP contribution in [0.25, 0.3) is 0 Å². The molecule has 126 valence electrons. The highest BCUT2D eigenvalue weighted by Gasteiger charge is 2.45. The number of amides is 1. The van der Waals surface area contributed by atoms with Gasteiger partial charge >= 0.3 is 5.97 Å². The van der Waals surface area contributed by atoms with Crippen LogP contribution in [0, 0.1) is 5.41 Å². The molecule has 0 aromatic heterocycles. The van der Waals surface area contributed by atoms with Crippen molar-refractivity contribution in [2.75, 3.05) is 20.3 Å². The van der Waals surface area contributed by atoms with Crippen LogP contribution in [0.2, 0.25) is 0 Å². The summed E-state index contributed by atoms with van der Waals surface area (Å²) in [4.78, 5) is 23.2. The normalized spacial score (nSPS) is 15.5. The molecule has 6 heteroatoms. The molecule has 2 rings (SSSR count). The van der Waals surface area contributed by atoms with Gasteiger partial charge in [-0.15, -0.1) is 0 Å². The second-order valence-corrected chi connectivity index (χ2v) is 5.88. The number of carboxylic acid groups (broad SMARTS) is 1. The van der Waals surface area contributed by atoms with Gasteiger partial charge in [0.25, 0.3) is 0 Å². The Bertz CT molecular complexity index is 536. The maximum atomic E-state index is 12.0. The molecule has 0 radical (unpaired) electrons. The van der Waals surface area contributed by atoms with Crippen LogP contribution in [0.15, 0.2) is 24.3 Å². The van der Waals surface area contributed by atoms with Crippen LogP contribution >= 0.6 is 0 Å². The number of ether oxygens (including phenoxy) is 2. The van der Waals surface area contributed by atoms with Gasteiger partial charge in [0.2, 0.25) is 5.91 Å². The Balaban J connectivity index is 1.77. The Morgan fingerprint density at radius 3 is 2.43 bits per heavy atom. The van der Waals surface area contributed by atoms with Gasteiger partial charge < -0.3 is 19.9 Å². The molecule has 1 aromatic rings. The number of aliphatic carboxylic acids is 1. The predicted molar refractivity (Wildman–Crippen MR) is 84.2 cm³/mol. The molecule has 2 N–H and O–H groups in total. The van der Waals surface area contributed by atoms with E-state index in [0.717, 1.165) is 17.7 Å². The number of nitrogens with one attached hydrogen (secondary N) is 1. The number of benzene rings is 1.